The Morgan fingerprint density at radius 3 is 0.800 bits per heavy atom. The van der Waals surface area contributed by atoms with Crippen LogP contribution in [0.3, 0.4) is 0 Å². The van der Waals surface area contributed by atoms with Crippen molar-refractivity contribution in [3.8, 4) is 0 Å². The molecule has 0 spiro atoms. The van der Waals surface area contributed by atoms with Crippen molar-refractivity contribution < 1.29 is 62.3 Å². The zero-order valence-corrected chi connectivity index (χ0v) is 83.5. The van der Waals surface area contributed by atoms with E-state index in [0.717, 1.165) is 141 Å². The average Bonchev–Trinajstić information content (AvgIpc) is 0.740. The fraction of sp³-hybridized carbons (Fsp3) is 0.228. The van der Waals surface area contributed by atoms with Gasteiger partial charge < -0.3 is 4.74 Å². The highest BCUT2D eigenvalue weighted by atomic mass is 16.5. The number of hydrogen-bond acceptors (Lipinski definition) is 13. The molecule has 0 fully saturated rings. The van der Waals surface area contributed by atoms with Gasteiger partial charge in [-0.2, -0.15) is 0 Å². The van der Waals surface area contributed by atoms with E-state index in [1.165, 1.54) is 0 Å². The second-order valence-corrected chi connectivity index (χ2v) is 41.6. The highest BCUT2D eigenvalue weighted by Gasteiger charge is 2.44. The smallest absolute Gasteiger partial charge is 0.343 e. The Hall–Kier alpha value is -15.3. The van der Waals surface area contributed by atoms with Crippen molar-refractivity contribution in [2.24, 2.45) is 32.5 Å². The fourth-order valence-corrected chi connectivity index (χ4v) is 18.3. The van der Waals surface area contributed by atoms with E-state index in [0.29, 0.717) is 27.8 Å². The van der Waals surface area contributed by atoms with E-state index in [1.807, 2.05) is 184 Å². The summed E-state index contributed by atoms with van der Waals surface area (Å²) in [6, 6.07) is 79.9. The summed E-state index contributed by atoms with van der Waals surface area (Å²) >= 11 is 0. The third-order valence-corrected chi connectivity index (χ3v) is 26.9. The first-order chi connectivity index (χ1) is 66.3. The number of carbonyl (C=O) groups is 12. The average molecular weight is 1850 g/mol. The molecule has 0 N–H and O–H groups in total. The van der Waals surface area contributed by atoms with E-state index in [2.05, 4.69) is 137 Å². The van der Waals surface area contributed by atoms with Crippen molar-refractivity contribution >= 4 is 103 Å². The van der Waals surface area contributed by atoms with Crippen LogP contribution in [0.15, 0.2) is 382 Å². The largest absolute Gasteiger partial charge is 0.457 e. The maximum Gasteiger partial charge on any atom is 0.343 e. The Labute approximate surface area is 821 Å². The molecule has 0 atom stereocenters. The molecule has 0 aromatic heterocycles. The van der Waals surface area contributed by atoms with Gasteiger partial charge in [0.05, 0.1) is 5.57 Å². The summed E-state index contributed by atoms with van der Waals surface area (Å²) in [6.07, 6.45) is 17.8. The van der Waals surface area contributed by atoms with Gasteiger partial charge in [-0.3, -0.25) is 52.7 Å². The lowest BCUT2D eigenvalue weighted by molar-refractivity contribution is -0.139. The molecule has 0 bridgehead atoms. The van der Waals surface area contributed by atoms with Gasteiger partial charge in [0, 0.05) is 94.7 Å². The molecule has 10 aromatic carbocycles. The van der Waals surface area contributed by atoms with Crippen molar-refractivity contribution in [1.82, 2.24) is 0 Å². The molecular weight excluding hydrogens is 1730 g/mol. The summed E-state index contributed by atoms with van der Waals surface area (Å²) in [6.45, 7) is 41.3. The summed E-state index contributed by atoms with van der Waals surface area (Å²) in [5.41, 5.74) is 21.0. The molecule has 10 aromatic rings. The Balaban J connectivity index is 0.000000140. The van der Waals surface area contributed by atoms with E-state index in [-0.39, 0.29) is 119 Å². The Bertz CT molecular complexity index is 7080. The van der Waals surface area contributed by atoms with Crippen molar-refractivity contribution in [3.63, 3.8) is 0 Å². The van der Waals surface area contributed by atoms with Crippen LogP contribution in [0, 0.1) is 32.5 Å². The molecule has 0 unspecified atom stereocenters. The SMILES string of the molecule is CC(C)(C)C1=C/C(=C2/C=C(C(C)(C)C)C(=O)c3ccccc32)c2ccccc2C1=O.CC1=CC(=C2C=C(C(C)(C)C)C(=O)C(C(C)(C)C)=C2)C=C(C)C1=O.CCC(C)(C)C1=C/C(=C2/C=C(C(C)(C)CC)C(=O)c3ccccc32)c2ccccc2C1=O.O=C(C1=C(c2ccccc2)C(=O)c2ccccc2C1=O)c1ccccc1.O=C(OCc1ccccc1)C1=C(c2ccccc2)C(=O)c2ccccc2C1=O. The number of hydrogen-bond donors (Lipinski definition) is 0. The molecular formula is C127H118O13. The lowest BCUT2D eigenvalue weighted by Crippen LogP contribution is -2.28. The van der Waals surface area contributed by atoms with E-state index >= 15 is 0 Å². The van der Waals surface area contributed by atoms with Crippen molar-refractivity contribution in [2.75, 3.05) is 0 Å². The molecule has 13 heteroatoms. The second kappa shape index (κ2) is 40.4. The van der Waals surface area contributed by atoms with Crippen LogP contribution in [0.25, 0.3) is 33.4 Å². The van der Waals surface area contributed by atoms with Crippen molar-refractivity contribution in [3.05, 3.63) is 471 Å². The minimum Gasteiger partial charge on any atom is -0.457 e. The maximum absolute atomic E-state index is 13.5. The van der Waals surface area contributed by atoms with Gasteiger partial charge in [-0.1, -0.05) is 392 Å². The molecule has 0 saturated carbocycles. The van der Waals surface area contributed by atoms with E-state index in [9.17, 15) is 57.5 Å². The van der Waals surface area contributed by atoms with Crippen LogP contribution in [0.5, 0.6) is 0 Å². The number of rotatable bonds is 11. The standard InChI is InChI=1S/C30H32O2.C28H28O2.C24H16O4.C23H14O3.C22H28O2/c1-7-29(3,4)25-17-23(19-13-9-11-15-21(19)27(25)31)24-18-26(30(5,6)8-2)28(32)22-16-12-10-14-20(22)24;1-27(2,3)23-15-21(17-11-7-9-13-19(17)25(23)29)22-16-24(28(4,5)6)26(30)20-14-10-8-12-18(20)22;25-22-18-13-7-8-14-19(18)23(26)21(20(22)17-11-5-2-6-12-17)24(27)28-15-16-9-3-1-4-10-16;24-21(16-11-5-2-6-12-16)20-19(15-9-3-1-4-10-15)22(25)17-13-7-8-14-18(17)23(20)26;1-13-9-15(10-14(2)19(13)23)16-11-17(21(3,4)5)20(24)18(12-16)22(6,7)8/h9-18H,7-8H2,1-6H3;7-16H,1-6H3;1-14H,15H2;1-14H;9-12H,1-8H3/b24-23+;22-21+;;;. The van der Waals surface area contributed by atoms with Gasteiger partial charge in [0.2, 0.25) is 5.78 Å². The van der Waals surface area contributed by atoms with E-state index < -0.39 is 23.3 Å². The highest BCUT2D eigenvalue weighted by molar-refractivity contribution is 6.49. The molecule has 0 heterocycles. The Morgan fingerprint density at radius 1 is 0.243 bits per heavy atom. The van der Waals surface area contributed by atoms with Gasteiger partial charge in [-0.25, -0.2) is 4.79 Å². The summed E-state index contributed by atoms with van der Waals surface area (Å²) in [5, 5.41) is 0. The summed E-state index contributed by atoms with van der Waals surface area (Å²) in [5.74, 6) is -2.18. The number of esters is 1. The maximum atomic E-state index is 13.5. The molecule has 0 radical (unpaired) electrons. The quantitative estimate of drug-likeness (QED) is 0.0670. The minimum atomic E-state index is -0.796. The van der Waals surface area contributed by atoms with E-state index in [1.54, 1.807) is 133 Å². The molecule has 704 valence electrons. The number of fused-ring (bicyclic) bond motifs is 6. The summed E-state index contributed by atoms with van der Waals surface area (Å²) in [7, 11) is 0. The van der Waals surface area contributed by atoms with Crippen LogP contribution < -0.4 is 0 Å². The van der Waals surface area contributed by atoms with Gasteiger partial charge in [-0.05, 0) is 191 Å². The third-order valence-electron chi connectivity index (χ3n) is 26.9. The van der Waals surface area contributed by atoms with Crippen LogP contribution in [-0.2, 0) is 25.7 Å². The normalized spacial score (nSPS) is 16.9. The molecule has 0 amide bonds. The topological polar surface area (TPSA) is 214 Å². The van der Waals surface area contributed by atoms with Crippen molar-refractivity contribution in [1.29, 1.82) is 0 Å². The lowest BCUT2D eigenvalue weighted by atomic mass is 9.69. The van der Waals surface area contributed by atoms with Gasteiger partial charge in [-0.15, -0.1) is 0 Å². The van der Waals surface area contributed by atoms with Gasteiger partial charge in [0.25, 0.3) is 0 Å². The number of Topliss-reactive ketones (excluding diaryl/α,β-unsaturated/α-hetero) is 11. The molecule has 140 heavy (non-hydrogen) atoms. The van der Waals surface area contributed by atoms with E-state index in [4.69, 9.17) is 4.74 Å². The zero-order chi connectivity index (χ0) is 101. The minimum absolute atomic E-state index is 0.0222. The molecule has 18 rings (SSSR count). The predicted octanol–water partition coefficient (Wildman–Crippen LogP) is 28.6. The van der Waals surface area contributed by atoms with Crippen molar-refractivity contribution in [2.45, 2.75) is 158 Å². The fourth-order valence-electron chi connectivity index (χ4n) is 18.3. The van der Waals surface area contributed by atoms with Crippen LogP contribution in [0.2, 0.25) is 0 Å². The molecule has 0 saturated heterocycles. The molecule has 8 aliphatic rings. The number of ether oxygens (including phenoxy) is 1. The van der Waals surface area contributed by atoms with Crippen LogP contribution in [0.1, 0.15) is 283 Å². The van der Waals surface area contributed by atoms with Gasteiger partial charge in [0.1, 0.15) is 12.2 Å². The predicted molar refractivity (Wildman–Crippen MR) is 560 cm³/mol. The first kappa shape index (κ1) is 101. The van der Waals surface area contributed by atoms with Gasteiger partial charge in [0.15, 0.2) is 57.8 Å². The number of allylic oxidation sites excluding steroid dienone is 25. The monoisotopic (exact) mass is 1850 g/mol. The first-order valence-corrected chi connectivity index (χ1v) is 47.6. The Kier molecular flexibility index (Phi) is 29.0. The van der Waals surface area contributed by atoms with Crippen LogP contribution in [-0.4, -0.2) is 69.6 Å². The second-order valence-electron chi connectivity index (χ2n) is 41.6. The third kappa shape index (κ3) is 20.5. The lowest BCUT2D eigenvalue weighted by Gasteiger charge is -2.33. The van der Waals surface area contributed by atoms with Crippen LogP contribution >= 0.6 is 0 Å². The van der Waals surface area contributed by atoms with Crippen LogP contribution in [0.4, 0.5) is 0 Å². The first-order valence-electron chi connectivity index (χ1n) is 47.6. The number of carbonyl (C=O) groups excluding carboxylic acids is 12. The Morgan fingerprint density at radius 2 is 0.486 bits per heavy atom. The molecule has 13 nitrogen and oxygen atoms in total. The molecule has 8 aliphatic carbocycles. The number of benzene rings is 10. The molecule has 0 aliphatic heterocycles. The number of ketones is 11. The van der Waals surface area contributed by atoms with Gasteiger partial charge >= 0.3 is 5.97 Å². The zero-order valence-electron chi connectivity index (χ0n) is 83.5. The summed E-state index contributed by atoms with van der Waals surface area (Å²) < 4.78 is 5.38. The summed E-state index contributed by atoms with van der Waals surface area (Å²) in [4.78, 5) is 157. The highest BCUT2D eigenvalue weighted by Crippen LogP contribution is 2.50.